The summed E-state index contributed by atoms with van der Waals surface area (Å²) in [6.07, 6.45) is 7.30. The highest BCUT2D eigenvalue weighted by Crippen LogP contribution is 2.17. The van der Waals surface area contributed by atoms with Crippen LogP contribution in [-0.4, -0.2) is 78.6 Å². The third-order valence-electron chi connectivity index (χ3n) is 3.58. The zero-order valence-electron chi connectivity index (χ0n) is 12.2. The zero-order chi connectivity index (χ0) is 15.1. The van der Waals surface area contributed by atoms with Crippen molar-refractivity contribution in [3.05, 3.63) is 0 Å². The van der Waals surface area contributed by atoms with Gasteiger partial charge in [-0.15, -0.1) is 6.42 Å². The minimum atomic E-state index is -1.05. The number of carboxylic acid groups (broad SMARTS) is 1. The normalized spacial score (nSPS) is 16.4. The second-order valence-electron chi connectivity index (χ2n) is 5.36. The van der Waals surface area contributed by atoms with Crippen LogP contribution in [0.25, 0.3) is 0 Å². The van der Waals surface area contributed by atoms with Crippen molar-refractivity contribution in [2.45, 2.75) is 12.8 Å². The molecule has 20 heavy (non-hydrogen) atoms. The van der Waals surface area contributed by atoms with Gasteiger partial charge in [-0.1, -0.05) is 5.92 Å². The van der Waals surface area contributed by atoms with Crippen LogP contribution in [0, 0.1) is 18.3 Å². The van der Waals surface area contributed by atoms with Crippen molar-refractivity contribution in [3.63, 3.8) is 0 Å². The summed E-state index contributed by atoms with van der Waals surface area (Å²) in [6.45, 7) is 2.38. The first-order chi connectivity index (χ1) is 9.43. The number of hydrogen-bond donors (Lipinski definition) is 1. The topological polar surface area (TPSA) is 64.1 Å². The van der Waals surface area contributed by atoms with E-state index in [2.05, 4.69) is 17.9 Å². The first-order valence-electron chi connectivity index (χ1n) is 6.78. The average molecular weight is 281 g/mol. The summed E-state index contributed by atoms with van der Waals surface area (Å²) in [5.41, 5.74) is 0. The van der Waals surface area contributed by atoms with Gasteiger partial charge in [0.1, 0.15) is 6.54 Å². The maximum atomic E-state index is 12.2. The lowest BCUT2D eigenvalue weighted by molar-refractivity contribution is -0.137. The van der Waals surface area contributed by atoms with Crippen molar-refractivity contribution in [2.24, 2.45) is 5.92 Å². The summed E-state index contributed by atoms with van der Waals surface area (Å²) in [6, 6.07) is -0.315. The molecule has 0 atom stereocenters. The van der Waals surface area contributed by atoms with Crippen LogP contribution in [0.2, 0.25) is 0 Å². The largest absolute Gasteiger partial charge is 0.480 e. The van der Waals surface area contributed by atoms with E-state index in [-0.39, 0.29) is 19.1 Å². The molecule has 1 aliphatic rings. The van der Waals surface area contributed by atoms with E-state index < -0.39 is 5.97 Å². The molecule has 0 unspecified atom stereocenters. The third kappa shape index (κ3) is 5.10. The molecule has 1 aliphatic heterocycles. The van der Waals surface area contributed by atoms with E-state index in [1.54, 1.807) is 11.9 Å². The molecule has 2 amide bonds. The summed E-state index contributed by atoms with van der Waals surface area (Å²) in [5.74, 6) is 1.74. The van der Waals surface area contributed by atoms with Gasteiger partial charge in [0.2, 0.25) is 0 Å². The average Bonchev–Trinajstić information content (AvgIpc) is 2.39. The molecule has 0 spiro atoms. The molecule has 1 heterocycles. The zero-order valence-corrected chi connectivity index (χ0v) is 12.2. The SMILES string of the molecule is C#CCN(CC(=O)O)C(=O)N(C)CC1CCN(C)CC1. The maximum Gasteiger partial charge on any atom is 0.323 e. The Balaban J connectivity index is 2.51. The van der Waals surface area contributed by atoms with Crippen LogP contribution in [0.5, 0.6) is 0 Å². The Bertz CT molecular complexity index is 384. The summed E-state index contributed by atoms with van der Waals surface area (Å²) < 4.78 is 0. The van der Waals surface area contributed by atoms with E-state index in [9.17, 15) is 9.59 Å². The van der Waals surface area contributed by atoms with Crippen LogP contribution in [0.3, 0.4) is 0 Å². The number of rotatable bonds is 5. The van der Waals surface area contributed by atoms with Gasteiger partial charge >= 0.3 is 12.0 Å². The van der Waals surface area contributed by atoms with E-state index in [1.807, 2.05) is 0 Å². The Morgan fingerprint density at radius 3 is 2.50 bits per heavy atom. The van der Waals surface area contributed by atoms with E-state index in [4.69, 9.17) is 11.5 Å². The predicted molar refractivity (Wildman–Crippen MR) is 76.3 cm³/mol. The van der Waals surface area contributed by atoms with E-state index >= 15 is 0 Å². The number of carboxylic acids is 1. The standard InChI is InChI=1S/C14H23N3O3/c1-4-7-17(11-13(18)19)14(20)16(3)10-12-5-8-15(2)9-6-12/h1,12H,5-11H2,2-3H3,(H,18,19). The fourth-order valence-corrected chi connectivity index (χ4v) is 2.42. The lowest BCUT2D eigenvalue weighted by Crippen LogP contribution is -2.46. The molecule has 1 fully saturated rings. The molecule has 0 aromatic rings. The summed E-state index contributed by atoms with van der Waals surface area (Å²) in [5, 5.41) is 8.81. The van der Waals surface area contributed by atoms with Gasteiger partial charge in [0.15, 0.2) is 0 Å². The number of aliphatic carboxylic acids is 1. The molecule has 6 heteroatoms. The van der Waals surface area contributed by atoms with Gasteiger partial charge < -0.3 is 19.8 Å². The van der Waals surface area contributed by atoms with Crippen molar-refractivity contribution in [1.82, 2.24) is 14.7 Å². The smallest absolute Gasteiger partial charge is 0.323 e. The summed E-state index contributed by atoms with van der Waals surface area (Å²) >= 11 is 0. The van der Waals surface area contributed by atoms with E-state index in [1.165, 1.54) is 4.90 Å². The summed E-state index contributed by atoms with van der Waals surface area (Å²) in [7, 11) is 3.79. The van der Waals surface area contributed by atoms with Crippen LogP contribution in [-0.2, 0) is 4.79 Å². The van der Waals surface area contributed by atoms with Gasteiger partial charge in [0, 0.05) is 13.6 Å². The van der Waals surface area contributed by atoms with Crippen LogP contribution >= 0.6 is 0 Å². The highest BCUT2D eigenvalue weighted by molar-refractivity contribution is 5.80. The Morgan fingerprint density at radius 1 is 1.40 bits per heavy atom. The van der Waals surface area contributed by atoms with Crippen LogP contribution < -0.4 is 0 Å². The molecule has 0 bridgehead atoms. The van der Waals surface area contributed by atoms with Crippen molar-refractivity contribution < 1.29 is 14.7 Å². The fraction of sp³-hybridized carbons (Fsp3) is 0.714. The molecule has 6 nitrogen and oxygen atoms in total. The number of carbonyl (C=O) groups excluding carboxylic acids is 1. The number of nitrogens with zero attached hydrogens (tertiary/aromatic N) is 3. The fourth-order valence-electron chi connectivity index (χ4n) is 2.42. The van der Waals surface area contributed by atoms with E-state index in [0.717, 1.165) is 25.9 Å². The van der Waals surface area contributed by atoms with Crippen LogP contribution in [0.15, 0.2) is 0 Å². The van der Waals surface area contributed by atoms with Gasteiger partial charge in [-0.2, -0.15) is 0 Å². The highest BCUT2D eigenvalue weighted by Gasteiger charge is 2.24. The number of urea groups is 1. The van der Waals surface area contributed by atoms with Crippen molar-refractivity contribution >= 4 is 12.0 Å². The van der Waals surface area contributed by atoms with Gasteiger partial charge in [-0.3, -0.25) is 4.79 Å². The predicted octanol–water partition coefficient (Wildman–Crippen LogP) is 0.400. The molecule has 0 saturated carbocycles. The number of hydrogen-bond acceptors (Lipinski definition) is 3. The Labute approximate surface area is 120 Å². The molecule has 0 aromatic heterocycles. The van der Waals surface area contributed by atoms with Crippen LogP contribution in [0.1, 0.15) is 12.8 Å². The van der Waals surface area contributed by atoms with Gasteiger partial charge in [0.05, 0.1) is 6.54 Å². The van der Waals surface area contributed by atoms with E-state index in [0.29, 0.717) is 12.5 Å². The second-order valence-corrected chi connectivity index (χ2v) is 5.36. The molecular formula is C14H23N3O3. The Kier molecular flexibility index (Phi) is 6.32. The first kappa shape index (κ1) is 16.3. The van der Waals surface area contributed by atoms with Crippen molar-refractivity contribution in [2.75, 3.05) is 46.8 Å². The molecule has 1 saturated heterocycles. The van der Waals surface area contributed by atoms with Crippen molar-refractivity contribution in [1.29, 1.82) is 0 Å². The quantitative estimate of drug-likeness (QED) is 0.741. The van der Waals surface area contributed by atoms with Gasteiger partial charge in [-0.05, 0) is 38.9 Å². The Hall–Kier alpha value is -1.74. The molecule has 0 aromatic carbocycles. The third-order valence-corrected chi connectivity index (χ3v) is 3.58. The first-order valence-corrected chi connectivity index (χ1v) is 6.78. The number of carbonyl (C=O) groups is 2. The Morgan fingerprint density at radius 2 is 2.00 bits per heavy atom. The maximum absolute atomic E-state index is 12.2. The number of amides is 2. The lowest BCUT2D eigenvalue weighted by atomic mass is 9.97. The monoisotopic (exact) mass is 281 g/mol. The number of terminal acetylenes is 1. The van der Waals surface area contributed by atoms with Gasteiger partial charge in [-0.25, -0.2) is 4.79 Å². The lowest BCUT2D eigenvalue weighted by Gasteiger charge is -2.33. The minimum absolute atomic E-state index is 0.0167. The number of likely N-dealkylation sites (tertiary alicyclic amines) is 1. The minimum Gasteiger partial charge on any atom is -0.480 e. The van der Waals surface area contributed by atoms with Crippen molar-refractivity contribution in [3.8, 4) is 12.3 Å². The number of piperidine rings is 1. The molecular weight excluding hydrogens is 258 g/mol. The highest BCUT2D eigenvalue weighted by atomic mass is 16.4. The molecule has 112 valence electrons. The van der Waals surface area contributed by atoms with Crippen LogP contribution in [0.4, 0.5) is 4.79 Å². The molecule has 1 rings (SSSR count). The molecule has 0 radical (unpaired) electrons. The molecule has 1 N–H and O–H groups in total. The summed E-state index contributed by atoms with van der Waals surface area (Å²) in [4.78, 5) is 28.0. The molecule has 0 aliphatic carbocycles. The van der Waals surface area contributed by atoms with Gasteiger partial charge in [0.25, 0.3) is 0 Å². The second kappa shape index (κ2) is 7.75.